The molecule has 0 aliphatic carbocycles. The Morgan fingerprint density at radius 1 is 0.875 bits per heavy atom. The molecular weight excluding hydrogens is 107 g/mol. The van der Waals surface area contributed by atoms with Crippen LogP contribution in [0.2, 0.25) is 11.1 Å². The van der Waals surface area contributed by atoms with Crippen molar-refractivity contribution in [1.29, 1.82) is 0 Å². The molecule has 0 amide bonds. The normalized spacial score (nSPS) is 9.75. The molecule has 0 spiro atoms. The fraction of sp³-hybridized carbons (Fsp3) is 1.00. The van der Waals surface area contributed by atoms with Gasteiger partial charge in [-0.25, -0.2) is 0 Å². The molecule has 2 heteroatoms. The minimum atomic E-state index is 0. The Morgan fingerprint density at radius 2 is 1.12 bits per heavy atom. The Morgan fingerprint density at radius 3 is 1.12 bits per heavy atom. The van der Waals surface area contributed by atoms with E-state index in [0.717, 1.165) is 11.1 Å². The summed E-state index contributed by atoms with van der Waals surface area (Å²) in [4.78, 5) is 0. The standard InChI is InChI=1S/C6H16Si.Li.H/c1-5(2)7-6(3)4;;/h5-6H,7H2,1-4H3;;. The van der Waals surface area contributed by atoms with E-state index in [4.69, 9.17) is 0 Å². The number of rotatable bonds is 2. The molecule has 0 N–H and O–H groups in total. The van der Waals surface area contributed by atoms with Crippen molar-refractivity contribution in [2.45, 2.75) is 38.8 Å². The molecule has 0 aliphatic rings. The summed E-state index contributed by atoms with van der Waals surface area (Å²) in [6, 6.07) is 0. The van der Waals surface area contributed by atoms with Gasteiger partial charge in [0.2, 0.25) is 0 Å². The van der Waals surface area contributed by atoms with E-state index in [0.29, 0.717) is 0 Å². The predicted molar refractivity (Wildman–Crippen MR) is 45.9 cm³/mol. The van der Waals surface area contributed by atoms with Gasteiger partial charge in [0.15, 0.2) is 0 Å². The van der Waals surface area contributed by atoms with Crippen molar-refractivity contribution in [3.8, 4) is 0 Å². The first-order valence-electron chi connectivity index (χ1n) is 3.13. The van der Waals surface area contributed by atoms with Gasteiger partial charge in [-0.1, -0.05) is 38.8 Å². The van der Waals surface area contributed by atoms with Crippen LogP contribution in [0.5, 0.6) is 0 Å². The molecule has 0 rings (SSSR count). The van der Waals surface area contributed by atoms with E-state index in [-0.39, 0.29) is 28.4 Å². The molecule has 0 bridgehead atoms. The Kier molecular flexibility index (Phi) is 8.61. The average Bonchev–Trinajstić information content (AvgIpc) is 1.27. The third kappa shape index (κ3) is 9.94. The Labute approximate surface area is 67.4 Å². The van der Waals surface area contributed by atoms with Crippen molar-refractivity contribution in [3.05, 3.63) is 0 Å². The van der Waals surface area contributed by atoms with Crippen LogP contribution < -0.4 is 0 Å². The Balaban J connectivity index is 0. The molecule has 0 aromatic carbocycles. The van der Waals surface area contributed by atoms with Gasteiger partial charge in [-0.3, -0.25) is 0 Å². The average molecular weight is 124 g/mol. The molecule has 0 nitrogen and oxygen atoms in total. The molecule has 46 valence electrons. The molecule has 0 fully saturated rings. The van der Waals surface area contributed by atoms with E-state index in [2.05, 4.69) is 27.7 Å². The summed E-state index contributed by atoms with van der Waals surface area (Å²) in [7, 11) is 0.281. The van der Waals surface area contributed by atoms with E-state index < -0.39 is 0 Å². The summed E-state index contributed by atoms with van der Waals surface area (Å²) in [6.45, 7) is 9.30. The molecule has 0 saturated heterocycles. The zero-order valence-corrected chi connectivity index (χ0v) is 7.28. The fourth-order valence-electron chi connectivity index (χ4n) is 0.943. The number of hydrogen-bond acceptors (Lipinski definition) is 0. The molecule has 0 saturated carbocycles. The van der Waals surface area contributed by atoms with Gasteiger partial charge in [0.1, 0.15) is 0 Å². The summed E-state index contributed by atoms with van der Waals surface area (Å²) in [5.41, 5.74) is 2.03. The van der Waals surface area contributed by atoms with Crippen LogP contribution in [0.15, 0.2) is 0 Å². The molecule has 0 aromatic heterocycles. The van der Waals surface area contributed by atoms with Gasteiger partial charge in [0.05, 0.1) is 0 Å². The molecule has 0 aliphatic heterocycles. The SMILES string of the molecule is CC(C)[SiH2]C(C)C.[LiH]. The first-order chi connectivity index (χ1) is 3.13. The van der Waals surface area contributed by atoms with Crippen molar-refractivity contribution in [2.24, 2.45) is 0 Å². The monoisotopic (exact) mass is 124 g/mol. The molecule has 0 aromatic rings. The second kappa shape index (κ2) is 5.94. The van der Waals surface area contributed by atoms with Crippen LogP contribution in [-0.4, -0.2) is 28.4 Å². The third-order valence-electron chi connectivity index (χ3n) is 0.943. The molecule has 0 atom stereocenters. The van der Waals surface area contributed by atoms with E-state index in [9.17, 15) is 0 Å². The van der Waals surface area contributed by atoms with Gasteiger partial charge >= 0.3 is 18.9 Å². The first kappa shape index (κ1) is 11.6. The van der Waals surface area contributed by atoms with Crippen molar-refractivity contribution in [2.75, 3.05) is 0 Å². The van der Waals surface area contributed by atoms with Crippen molar-refractivity contribution in [3.63, 3.8) is 0 Å². The zero-order chi connectivity index (χ0) is 5.86. The maximum atomic E-state index is 2.33. The summed E-state index contributed by atoms with van der Waals surface area (Å²) >= 11 is 0. The molecule has 0 unspecified atom stereocenters. The van der Waals surface area contributed by atoms with Crippen LogP contribution in [0.25, 0.3) is 0 Å². The predicted octanol–water partition coefficient (Wildman–Crippen LogP) is 1.16. The van der Waals surface area contributed by atoms with Gasteiger partial charge in [0, 0.05) is 9.52 Å². The van der Waals surface area contributed by atoms with Gasteiger partial charge in [-0.05, 0) is 0 Å². The van der Waals surface area contributed by atoms with Crippen molar-refractivity contribution < 1.29 is 0 Å². The van der Waals surface area contributed by atoms with Crippen molar-refractivity contribution in [1.82, 2.24) is 0 Å². The molecular formula is C6H17LiSi. The third-order valence-corrected chi connectivity index (χ3v) is 2.83. The fourth-order valence-corrected chi connectivity index (χ4v) is 2.83. The minimum absolute atomic E-state index is 0. The number of hydrogen-bond donors (Lipinski definition) is 0. The Hall–Kier alpha value is 0.814. The van der Waals surface area contributed by atoms with Crippen LogP contribution in [0, 0.1) is 0 Å². The molecule has 0 radical (unpaired) electrons. The molecule has 0 heterocycles. The van der Waals surface area contributed by atoms with Gasteiger partial charge in [-0.2, -0.15) is 0 Å². The summed E-state index contributed by atoms with van der Waals surface area (Å²) in [5, 5.41) is 0. The van der Waals surface area contributed by atoms with Crippen LogP contribution in [-0.2, 0) is 0 Å². The summed E-state index contributed by atoms with van der Waals surface area (Å²) < 4.78 is 0. The summed E-state index contributed by atoms with van der Waals surface area (Å²) in [6.07, 6.45) is 0. The van der Waals surface area contributed by atoms with Crippen LogP contribution in [0.3, 0.4) is 0 Å². The maximum absolute atomic E-state index is 2.33. The zero-order valence-electron chi connectivity index (χ0n) is 5.86. The van der Waals surface area contributed by atoms with Crippen LogP contribution >= 0.6 is 0 Å². The second-order valence-electron chi connectivity index (χ2n) is 3.02. The molecule has 8 heavy (non-hydrogen) atoms. The van der Waals surface area contributed by atoms with Gasteiger partial charge < -0.3 is 0 Å². The van der Waals surface area contributed by atoms with Gasteiger partial charge in [0.25, 0.3) is 0 Å². The van der Waals surface area contributed by atoms with Crippen molar-refractivity contribution >= 4 is 28.4 Å². The van der Waals surface area contributed by atoms with E-state index in [1.807, 2.05) is 0 Å². The second-order valence-corrected chi connectivity index (χ2v) is 6.76. The van der Waals surface area contributed by atoms with E-state index in [1.165, 1.54) is 0 Å². The quantitative estimate of drug-likeness (QED) is 0.485. The topological polar surface area (TPSA) is 0 Å². The van der Waals surface area contributed by atoms with Crippen LogP contribution in [0.4, 0.5) is 0 Å². The van der Waals surface area contributed by atoms with Gasteiger partial charge in [-0.15, -0.1) is 0 Å². The summed E-state index contributed by atoms with van der Waals surface area (Å²) in [5.74, 6) is 0. The van der Waals surface area contributed by atoms with Crippen LogP contribution in [0.1, 0.15) is 27.7 Å². The first-order valence-corrected chi connectivity index (χ1v) is 4.76. The van der Waals surface area contributed by atoms with E-state index >= 15 is 0 Å². The van der Waals surface area contributed by atoms with E-state index in [1.54, 1.807) is 0 Å². The Bertz CT molecular complexity index is 37.8.